The number of aromatic nitrogens is 3. The number of hydrogen-bond donors (Lipinski definition) is 2. The SMILES string of the molecule is CCNC(Cc1c(C)cc(C)cc1C)c1cn[nH]n1. The maximum absolute atomic E-state index is 4.21. The van der Waals surface area contributed by atoms with E-state index in [0.717, 1.165) is 18.7 Å². The van der Waals surface area contributed by atoms with Gasteiger partial charge in [0.2, 0.25) is 0 Å². The number of nitrogens with zero attached hydrogens (tertiary/aromatic N) is 2. The van der Waals surface area contributed by atoms with Gasteiger partial charge < -0.3 is 5.32 Å². The van der Waals surface area contributed by atoms with Gasteiger partial charge in [-0.3, -0.25) is 0 Å². The number of nitrogens with one attached hydrogen (secondary N) is 2. The molecule has 4 heteroatoms. The van der Waals surface area contributed by atoms with E-state index in [1.807, 2.05) is 0 Å². The summed E-state index contributed by atoms with van der Waals surface area (Å²) in [5, 5.41) is 14.3. The minimum Gasteiger partial charge on any atom is -0.309 e. The predicted octanol–water partition coefficient (Wildman–Crippen LogP) is 2.62. The van der Waals surface area contributed by atoms with Gasteiger partial charge in [-0.05, 0) is 50.4 Å². The summed E-state index contributed by atoms with van der Waals surface area (Å²) in [6.07, 6.45) is 2.74. The fourth-order valence-corrected chi connectivity index (χ4v) is 2.64. The number of H-pyrrole nitrogens is 1. The summed E-state index contributed by atoms with van der Waals surface area (Å²) in [5.41, 5.74) is 6.40. The van der Waals surface area contributed by atoms with Crippen molar-refractivity contribution in [2.75, 3.05) is 6.54 Å². The molecular formula is C15H22N4. The third kappa shape index (κ3) is 3.20. The fourth-order valence-electron chi connectivity index (χ4n) is 2.64. The molecule has 1 unspecified atom stereocenters. The van der Waals surface area contributed by atoms with E-state index in [1.54, 1.807) is 6.20 Å². The highest BCUT2D eigenvalue weighted by Crippen LogP contribution is 2.22. The van der Waals surface area contributed by atoms with E-state index in [9.17, 15) is 0 Å². The lowest BCUT2D eigenvalue weighted by Crippen LogP contribution is -2.24. The number of aryl methyl sites for hydroxylation is 3. The molecule has 0 fully saturated rings. The monoisotopic (exact) mass is 258 g/mol. The number of likely N-dealkylation sites (N-methyl/N-ethyl adjacent to an activating group) is 1. The highest BCUT2D eigenvalue weighted by molar-refractivity contribution is 5.38. The Kier molecular flexibility index (Phi) is 4.32. The van der Waals surface area contributed by atoms with Crippen molar-refractivity contribution < 1.29 is 0 Å². The van der Waals surface area contributed by atoms with Gasteiger partial charge in [0.05, 0.1) is 17.9 Å². The lowest BCUT2D eigenvalue weighted by atomic mass is 9.93. The molecule has 1 aromatic carbocycles. The van der Waals surface area contributed by atoms with Crippen molar-refractivity contribution in [1.29, 1.82) is 0 Å². The maximum atomic E-state index is 4.21. The molecule has 0 aliphatic rings. The number of hydrogen-bond acceptors (Lipinski definition) is 3. The zero-order chi connectivity index (χ0) is 13.8. The first kappa shape index (κ1) is 13.7. The molecule has 1 aromatic heterocycles. The van der Waals surface area contributed by atoms with E-state index in [0.29, 0.717) is 0 Å². The van der Waals surface area contributed by atoms with Gasteiger partial charge in [0.25, 0.3) is 0 Å². The van der Waals surface area contributed by atoms with Crippen molar-refractivity contribution in [1.82, 2.24) is 20.7 Å². The molecular weight excluding hydrogens is 236 g/mol. The number of rotatable bonds is 5. The van der Waals surface area contributed by atoms with Crippen molar-refractivity contribution in [3.63, 3.8) is 0 Å². The van der Waals surface area contributed by atoms with Crippen LogP contribution in [-0.2, 0) is 6.42 Å². The first-order chi connectivity index (χ1) is 9.11. The van der Waals surface area contributed by atoms with Crippen molar-refractivity contribution >= 4 is 0 Å². The summed E-state index contributed by atoms with van der Waals surface area (Å²) < 4.78 is 0. The first-order valence-corrected chi connectivity index (χ1v) is 6.77. The zero-order valence-corrected chi connectivity index (χ0v) is 12.1. The van der Waals surface area contributed by atoms with Crippen LogP contribution in [0.2, 0.25) is 0 Å². The molecule has 0 radical (unpaired) electrons. The molecule has 19 heavy (non-hydrogen) atoms. The Labute approximate surface area is 114 Å². The van der Waals surface area contributed by atoms with E-state index in [1.165, 1.54) is 22.3 Å². The average Bonchev–Trinajstić information content (AvgIpc) is 2.85. The molecule has 0 amide bonds. The largest absolute Gasteiger partial charge is 0.309 e. The molecule has 2 aromatic rings. The Balaban J connectivity index is 2.27. The van der Waals surface area contributed by atoms with Crippen LogP contribution in [0.3, 0.4) is 0 Å². The Bertz CT molecular complexity index is 508. The highest BCUT2D eigenvalue weighted by atomic mass is 15.3. The van der Waals surface area contributed by atoms with Crippen LogP contribution in [0.25, 0.3) is 0 Å². The van der Waals surface area contributed by atoms with E-state index in [-0.39, 0.29) is 6.04 Å². The Morgan fingerprint density at radius 2 is 1.89 bits per heavy atom. The molecule has 0 aliphatic heterocycles. The van der Waals surface area contributed by atoms with Gasteiger partial charge in [-0.25, -0.2) is 0 Å². The molecule has 2 N–H and O–H groups in total. The van der Waals surface area contributed by atoms with Gasteiger partial charge in [-0.2, -0.15) is 15.4 Å². The summed E-state index contributed by atoms with van der Waals surface area (Å²) in [6, 6.07) is 4.70. The van der Waals surface area contributed by atoms with E-state index in [4.69, 9.17) is 0 Å². The molecule has 102 valence electrons. The third-order valence-corrected chi connectivity index (χ3v) is 3.49. The molecule has 0 aliphatic carbocycles. The number of aromatic amines is 1. The summed E-state index contributed by atoms with van der Waals surface area (Å²) in [5.74, 6) is 0. The van der Waals surface area contributed by atoms with Crippen LogP contribution in [0.5, 0.6) is 0 Å². The van der Waals surface area contributed by atoms with Gasteiger partial charge in [-0.1, -0.05) is 24.6 Å². The average molecular weight is 258 g/mol. The van der Waals surface area contributed by atoms with Crippen molar-refractivity contribution in [2.24, 2.45) is 0 Å². The normalized spacial score (nSPS) is 12.6. The van der Waals surface area contributed by atoms with Crippen LogP contribution in [0, 0.1) is 20.8 Å². The minimum absolute atomic E-state index is 0.212. The van der Waals surface area contributed by atoms with Crippen LogP contribution < -0.4 is 5.32 Å². The van der Waals surface area contributed by atoms with Gasteiger partial charge >= 0.3 is 0 Å². The van der Waals surface area contributed by atoms with Crippen LogP contribution in [-0.4, -0.2) is 22.0 Å². The molecule has 1 atom stereocenters. The molecule has 0 bridgehead atoms. The molecule has 2 rings (SSSR count). The van der Waals surface area contributed by atoms with E-state index < -0.39 is 0 Å². The van der Waals surface area contributed by atoms with Crippen LogP contribution >= 0.6 is 0 Å². The van der Waals surface area contributed by atoms with Crippen LogP contribution in [0.1, 0.15) is 40.9 Å². The topological polar surface area (TPSA) is 53.6 Å². The molecule has 0 spiro atoms. The van der Waals surface area contributed by atoms with E-state index in [2.05, 4.69) is 60.6 Å². The van der Waals surface area contributed by atoms with Gasteiger partial charge in [0.15, 0.2) is 0 Å². The smallest absolute Gasteiger partial charge is 0.0997 e. The predicted molar refractivity (Wildman–Crippen MR) is 77.2 cm³/mol. The van der Waals surface area contributed by atoms with Gasteiger partial charge in [0.1, 0.15) is 0 Å². The Morgan fingerprint density at radius 3 is 2.42 bits per heavy atom. The van der Waals surface area contributed by atoms with Crippen molar-refractivity contribution in [3.8, 4) is 0 Å². The lowest BCUT2D eigenvalue weighted by molar-refractivity contribution is 0.533. The maximum Gasteiger partial charge on any atom is 0.0997 e. The van der Waals surface area contributed by atoms with Crippen LogP contribution in [0.4, 0.5) is 0 Å². The molecule has 1 heterocycles. The lowest BCUT2D eigenvalue weighted by Gasteiger charge is -2.19. The summed E-state index contributed by atoms with van der Waals surface area (Å²) in [4.78, 5) is 0. The Morgan fingerprint density at radius 1 is 1.21 bits per heavy atom. The second-order valence-electron chi connectivity index (χ2n) is 5.09. The second kappa shape index (κ2) is 5.97. The molecule has 0 saturated heterocycles. The van der Waals surface area contributed by atoms with E-state index >= 15 is 0 Å². The number of benzene rings is 1. The standard InChI is InChI=1S/C15H22N4/c1-5-16-14(15-9-17-19-18-15)8-13-11(3)6-10(2)7-12(13)4/h6-7,9,14,16H,5,8H2,1-4H3,(H,17,18,19). The highest BCUT2D eigenvalue weighted by Gasteiger charge is 2.16. The Hall–Kier alpha value is -1.68. The minimum atomic E-state index is 0.212. The van der Waals surface area contributed by atoms with Crippen LogP contribution in [0.15, 0.2) is 18.3 Å². The summed E-state index contributed by atoms with van der Waals surface area (Å²) >= 11 is 0. The van der Waals surface area contributed by atoms with Gasteiger partial charge in [0, 0.05) is 0 Å². The first-order valence-electron chi connectivity index (χ1n) is 6.77. The molecule has 0 saturated carbocycles. The molecule has 4 nitrogen and oxygen atoms in total. The quantitative estimate of drug-likeness (QED) is 0.867. The summed E-state index contributed by atoms with van der Waals surface area (Å²) in [6.45, 7) is 9.54. The summed E-state index contributed by atoms with van der Waals surface area (Å²) in [7, 11) is 0. The third-order valence-electron chi connectivity index (χ3n) is 3.49. The van der Waals surface area contributed by atoms with Crippen molar-refractivity contribution in [2.45, 2.75) is 40.2 Å². The second-order valence-corrected chi connectivity index (χ2v) is 5.09. The van der Waals surface area contributed by atoms with Gasteiger partial charge in [-0.15, -0.1) is 0 Å². The fraction of sp³-hybridized carbons (Fsp3) is 0.467. The van der Waals surface area contributed by atoms with Crippen molar-refractivity contribution in [3.05, 3.63) is 46.3 Å². The zero-order valence-electron chi connectivity index (χ0n) is 12.1.